The monoisotopic (exact) mass is 376 g/mol. The van der Waals surface area contributed by atoms with Crippen LogP contribution in [0.15, 0.2) is 68.8 Å². The van der Waals surface area contributed by atoms with Crippen molar-refractivity contribution in [3.05, 3.63) is 75.3 Å². The molecule has 0 saturated carbocycles. The smallest absolute Gasteiger partial charge is 0.142 e. The molecule has 136 valence electrons. The molecule has 0 atom stereocenters. The third kappa shape index (κ3) is 4.12. The molecule has 6 heteroatoms. The second-order valence-electron chi connectivity index (χ2n) is 5.78. The molecule has 2 aromatic heterocycles. The number of benzene rings is 1. The Balaban J connectivity index is 2.03. The minimum atomic E-state index is 0.760. The van der Waals surface area contributed by atoms with Gasteiger partial charge in [0.2, 0.25) is 0 Å². The Kier molecular flexibility index (Phi) is 5.78. The van der Waals surface area contributed by atoms with Gasteiger partial charge in [0, 0.05) is 29.3 Å². The van der Waals surface area contributed by atoms with Crippen molar-refractivity contribution >= 4 is 35.9 Å². The fourth-order valence-corrected chi connectivity index (χ4v) is 3.28. The van der Waals surface area contributed by atoms with E-state index in [0.29, 0.717) is 0 Å². The third-order valence-corrected chi connectivity index (χ3v) is 4.77. The van der Waals surface area contributed by atoms with Gasteiger partial charge in [0.15, 0.2) is 0 Å². The number of nitrogens with one attached hydrogen (secondary N) is 1. The summed E-state index contributed by atoms with van der Waals surface area (Å²) in [5.41, 5.74) is 8.84. The Morgan fingerprint density at radius 1 is 1.30 bits per heavy atom. The minimum absolute atomic E-state index is 0.760. The number of nitrogens with zero attached hydrogens (tertiary/aromatic N) is 3. The highest BCUT2D eigenvalue weighted by Gasteiger charge is 2.09. The average molecular weight is 376 g/mol. The van der Waals surface area contributed by atoms with Crippen LogP contribution >= 0.6 is 11.3 Å². The molecule has 5 nitrogen and oxygen atoms in total. The summed E-state index contributed by atoms with van der Waals surface area (Å²) in [4.78, 5) is 5.21. The Hall–Kier alpha value is -3.25. The second-order valence-corrected chi connectivity index (χ2v) is 6.66. The quantitative estimate of drug-likeness (QED) is 0.529. The zero-order valence-corrected chi connectivity index (χ0v) is 16.1. The number of allylic oxidation sites excluding steroid dienone is 2. The summed E-state index contributed by atoms with van der Waals surface area (Å²) in [7, 11) is 0. The SMILES string of the molecule is C=NN/N=C(\C)c1ccc(-c2cc(=C)/c(=C(\C=C/C)c3cncs3)o2)cc1. The van der Waals surface area contributed by atoms with Gasteiger partial charge in [-0.05, 0) is 25.5 Å². The molecule has 0 bridgehead atoms. The lowest BCUT2D eigenvalue weighted by molar-refractivity contribution is 0.543. The summed E-state index contributed by atoms with van der Waals surface area (Å²) in [6, 6.07) is 9.94. The third-order valence-electron chi connectivity index (χ3n) is 3.96. The van der Waals surface area contributed by atoms with E-state index in [9.17, 15) is 0 Å². The van der Waals surface area contributed by atoms with Crippen LogP contribution in [0.25, 0.3) is 23.5 Å². The molecule has 1 aromatic carbocycles. The van der Waals surface area contributed by atoms with Crippen LogP contribution in [0, 0.1) is 0 Å². The minimum Gasteiger partial charge on any atom is -0.455 e. The van der Waals surface area contributed by atoms with E-state index >= 15 is 0 Å². The van der Waals surface area contributed by atoms with Crippen molar-refractivity contribution in [2.24, 2.45) is 10.2 Å². The van der Waals surface area contributed by atoms with E-state index in [2.05, 4.69) is 34.0 Å². The molecule has 0 aliphatic rings. The largest absolute Gasteiger partial charge is 0.455 e. The molecule has 2 heterocycles. The first-order valence-electron chi connectivity index (χ1n) is 8.34. The van der Waals surface area contributed by atoms with Crippen molar-refractivity contribution in [3.63, 3.8) is 0 Å². The van der Waals surface area contributed by atoms with E-state index in [0.717, 1.165) is 43.7 Å². The molecular formula is C21H20N4OS. The lowest BCUT2D eigenvalue weighted by Gasteiger charge is -2.02. The first-order valence-corrected chi connectivity index (χ1v) is 9.22. The zero-order chi connectivity index (χ0) is 19.2. The van der Waals surface area contributed by atoms with E-state index in [-0.39, 0.29) is 0 Å². The molecule has 0 fully saturated rings. The van der Waals surface area contributed by atoms with Crippen LogP contribution in [0.4, 0.5) is 0 Å². The van der Waals surface area contributed by atoms with Gasteiger partial charge in [0.25, 0.3) is 0 Å². The van der Waals surface area contributed by atoms with E-state index in [4.69, 9.17) is 4.42 Å². The molecule has 0 spiro atoms. The maximum Gasteiger partial charge on any atom is 0.142 e. The van der Waals surface area contributed by atoms with Gasteiger partial charge in [-0.1, -0.05) is 43.0 Å². The van der Waals surface area contributed by atoms with Crippen molar-refractivity contribution in [1.82, 2.24) is 10.5 Å². The number of rotatable bonds is 6. The van der Waals surface area contributed by atoms with Gasteiger partial charge < -0.3 is 4.42 Å². The van der Waals surface area contributed by atoms with Crippen LogP contribution in [0.1, 0.15) is 24.3 Å². The summed E-state index contributed by atoms with van der Waals surface area (Å²) in [5, 5.41) is 8.45. The number of furan rings is 1. The van der Waals surface area contributed by atoms with Crippen LogP contribution in [0.3, 0.4) is 0 Å². The van der Waals surface area contributed by atoms with Crippen molar-refractivity contribution in [2.45, 2.75) is 13.8 Å². The van der Waals surface area contributed by atoms with Crippen LogP contribution in [-0.4, -0.2) is 17.4 Å². The predicted octanol–water partition coefficient (Wildman–Crippen LogP) is 3.52. The fourth-order valence-electron chi connectivity index (χ4n) is 2.63. The second kappa shape index (κ2) is 8.42. The lowest BCUT2D eigenvalue weighted by atomic mass is 10.1. The van der Waals surface area contributed by atoms with E-state index in [1.54, 1.807) is 11.3 Å². The van der Waals surface area contributed by atoms with Crippen LogP contribution in [0.5, 0.6) is 0 Å². The van der Waals surface area contributed by atoms with Crippen molar-refractivity contribution in [2.75, 3.05) is 0 Å². The first kappa shape index (κ1) is 18.5. The van der Waals surface area contributed by atoms with Crippen molar-refractivity contribution in [1.29, 1.82) is 0 Å². The van der Waals surface area contributed by atoms with Gasteiger partial charge in [-0.15, -0.1) is 11.3 Å². The molecular weight excluding hydrogens is 356 g/mol. The zero-order valence-electron chi connectivity index (χ0n) is 15.3. The van der Waals surface area contributed by atoms with Gasteiger partial charge in [0.1, 0.15) is 11.2 Å². The number of thiazole rings is 1. The van der Waals surface area contributed by atoms with Gasteiger partial charge in [0.05, 0.1) is 16.1 Å². The van der Waals surface area contributed by atoms with Crippen LogP contribution in [0.2, 0.25) is 0 Å². The maximum atomic E-state index is 6.17. The Morgan fingerprint density at radius 3 is 2.70 bits per heavy atom. The highest BCUT2D eigenvalue weighted by Crippen LogP contribution is 2.20. The summed E-state index contributed by atoms with van der Waals surface area (Å²) in [6.45, 7) is 11.4. The highest BCUT2D eigenvalue weighted by atomic mass is 32.1. The van der Waals surface area contributed by atoms with Crippen LogP contribution < -0.4 is 16.2 Å². The fraction of sp³-hybridized carbons (Fsp3) is 0.0952. The van der Waals surface area contributed by atoms with Crippen LogP contribution in [-0.2, 0) is 0 Å². The summed E-state index contributed by atoms with van der Waals surface area (Å²) >= 11 is 1.57. The summed E-state index contributed by atoms with van der Waals surface area (Å²) < 4.78 is 6.17. The lowest BCUT2D eigenvalue weighted by Crippen LogP contribution is -2.20. The Morgan fingerprint density at radius 2 is 2.07 bits per heavy atom. The molecule has 0 unspecified atom stereocenters. The molecule has 0 saturated heterocycles. The predicted molar refractivity (Wildman–Crippen MR) is 113 cm³/mol. The number of hydrazone groups is 2. The number of hydrogen-bond acceptors (Lipinski definition) is 6. The molecule has 27 heavy (non-hydrogen) atoms. The maximum absolute atomic E-state index is 6.17. The van der Waals surface area contributed by atoms with Gasteiger partial charge in [-0.3, -0.25) is 4.98 Å². The van der Waals surface area contributed by atoms with Gasteiger partial charge in [-0.2, -0.15) is 15.7 Å². The standard InChI is InChI=1S/C21H20N4OS/c1-5-6-18(20-12-23-13-27-20)21-14(2)11-19(26-21)17-9-7-16(8-10-17)15(3)24-25-22-4/h5-13,25H,2,4H2,1,3H3/b6-5-,21-18-,24-15+. The van der Waals surface area contributed by atoms with Gasteiger partial charge >= 0.3 is 0 Å². The molecule has 3 aromatic rings. The van der Waals surface area contributed by atoms with E-state index in [1.165, 1.54) is 0 Å². The molecule has 0 amide bonds. The van der Waals surface area contributed by atoms with Crippen molar-refractivity contribution in [3.8, 4) is 11.3 Å². The molecule has 1 N–H and O–H groups in total. The Labute approximate surface area is 161 Å². The summed E-state index contributed by atoms with van der Waals surface area (Å²) in [5.74, 6) is 0.772. The molecule has 0 radical (unpaired) electrons. The topological polar surface area (TPSA) is 62.8 Å². The normalized spacial score (nSPS) is 13.0. The van der Waals surface area contributed by atoms with E-state index < -0.39 is 0 Å². The molecule has 0 aliphatic carbocycles. The number of aromatic nitrogens is 1. The highest BCUT2D eigenvalue weighted by molar-refractivity contribution is 7.10. The van der Waals surface area contributed by atoms with E-state index in [1.807, 2.05) is 68.0 Å². The average Bonchev–Trinajstić information content (AvgIpc) is 3.34. The Bertz CT molecular complexity index is 1090. The molecule has 3 rings (SSSR count). The molecule has 0 aliphatic heterocycles. The van der Waals surface area contributed by atoms with Gasteiger partial charge in [-0.25, -0.2) is 0 Å². The summed E-state index contributed by atoms with van der Waals surface area (Å²) in [6.07, 6.45) is 5.85. The van der Waals surface area contributed by atoms with Crippen molar-refractivity contribution < 1.29 is 4.42 Å². The number of hydrogen-bond donors (Lipinski definition) is 1. The first-order chi connectivity index (χ1) is 13.1.